The summed E-state index contributed by atoms with van der Waals surface area (Å²) in [5.41, 5.74) is 2.14. The van der Waals surface area contributed by atoms with Gasteiger partial charge in [-0.2, -0.15) is 0 Å². The molecule has 0 bridgehead atoms. The van der Waals surface area contributed by atoms with Crippen LogP contribution in [-0.2, 0) is 10.6 Å². The van der Waals surface area contributed by atoms with Crippen molar-refractivity contribution in [1.82, 2.24) is 0 Å². The number of benzene rings is 1. The van der Waals surface area contributed by atoms with Crippen LogP contribution in [0.4, 0.5) is 5.69 Å². The first-order valence-corrected chi connectivity index (χ1v) is 6.86. The molecular weight excluding hydrogens is 257 g/mol. The molecule has 1 fully saturated rings. The fourth-order valence-electron chi connectivity index (χ4n) is 2.04. The first-order chi connectivity index (χ1) is 8.24. The lowest BCUT2D eigenvalue weighted by molar-refractivity contribution is 0.0384. The van der Waals surface area contributed by atoms with Gasteiger partial charge in [0.1, 0.15) is 0 Å². The zero-order valence-electron chi connectivity index (χ0n) is 9.96. The van der Waals surface area contributed by atoms with E-state index < -0.39 is 0 Å². The van der Waals surface area contributed by atoms with Crippen LogP contribution in [0.3, 0.4) is 0 Å². The maximum absolute atomic E-state index is 6.18. The highest BCUT2D eigenvalue weighted by Gasteiger charge is 2.19. The summed E-state index contributed by atoms with van der Waals surface area (Å²) < 4.78 is 5.66. The predicted octanol–water partition coefficient (Wildman–Crippen LogP) is 3.69. The standard InChI is InChI=1S/C13H17Cl2NO/c1-2-12-9-16(5-6-17-12)11-4-3-10(8-14)13(15)7-11/h3-4,7,12H,2,5-6,8-9H2,1H3. The number of halogens is 2. The zero-order chi connectivity index (χ0) is 12.3. The fraction of sp³-hybridized carbons (Fsp3) is 0.538. The lowest BCUT2D eigenvalue weighted by Crippen LogP contribution is -2.42. The van der Waals surface area contributed by atoms with Crippen molar-refractivity contribution in [3.05, 3.63) is 28.8 Å². The van der Waals surface area contributed by atoms with Gasteiger partial charge in [0.05, 0.1) is 12.7 Å². The third-order valence-corrected chi connectivity index (χ3v) is 3.78. The lowest BCUT2D eigenvalue weighted by Gasteiger charge is -2.34. The smallest absolute Gasteiger partial charge is 0.0748 e. The molecular formula is C13H17Cl2NO. The van der Waals surface area contributed by atoms with Crippen LogP contribution in [0.25, 0.3) is 0 Å². The number of nitrogens with zero attached hydrogens (tertiary/aromatic N) is 1. The van der Waals surface area contributed by atoms with E-state index in [2.05, 4.69) is 17.9 Å². The largest absolute Gasteiger partial charge is 0.375 e. The van der Waals surface area contributed by atoms with Crippen LogP contribution in [0.2, 0.25) is 5.02 Å². The minimum Gasteiger partial charge on any atom is -0.375 e. The molecule has 1 aliphatic rings. The zero-order valence-corrected chi connectivity index (χ0v) is 11.5. The van der Waals surface area contributed by atoms with Crippen LogP contribution in [-0.4, -0.2) is 25.8 Å². The Balaban J connectivity index is 2.13. The van der Waals surface area contributed by atoms with Gasteiger partial charge < -0.3 is 9.64 Å². The molecule has 1 aromatic rings. The van der Waals surface area contributed by atoms with Crippen LogP contribution < -0.4 is 4.90 Å². The third kappa shape index (κ3) is 3.06. The molecule has 0 aliphatic carbocycles. The van der Waals surface area contributed by atoms with Crippen molar-refractivity contribution in [1.29, 1.82) is 0 Å². The quantitative estimate of drug-likeness (QED) is 0.779. The number of morpholine rings is 1. The van der Waals surface area contributed by atoms with Crippen molar-refractivity contribution < 1.29 is 4.74 Å². The summed E-state index contributed by atoms with van der Waals surface area (Å²) in [4.78, 5) is 2.32. The molecule has 1 saturated heterocycles. The Labute approximate surface area is 112 Å². The van der Waals surface area contributed by atoms with E-state index in [-0.39, 0.29) is 0 Å². The number of rotatable bonds is 3. The molecule has 94 valence electrons. The van der Waals surface area contributed by atoms with Gasteiger partial charge in [-0.1, -0.05) is 24.6 Å². The van der Waals surface area contributed by atoms with E-state index in [9.17, 15) is 0 Å². The topological polar surface area (TPSA) is 12.5 Å². The number of hydrogen-bond acceptors (Lipinski definition) is 2. The second kappa shape index (κ2) is 5.94. The van der Waals surface area contributed by atoms with Crippen molar-refractivity contribution in [2.75, 3.05) is 24.6 Å². The summed E-state index contributed by atoms with van der Waals surface area (Å²) in [6.07, 6.45) is 1.37. The molecule has 0 radical (unpaired) electrons. The Bertz CT molecular complexity index is 384. The van der Waals surface area contributed by atoms with Crippen LogP contribution in [0.5, 0.6) is 0 Å². The number of hydrogen-bond donors (Lipinski definition) is 0. The van der Waals surface area contributed by atoms with Crippen molar-refractivity contribution >= 4 is 28.9 Å². The number of alkyl halides is 1. The predicted molar refractivity (Wildman–Crippen MR) is 73.3 cm³/mol. The van der Waals surface area contributed by atoms with Gasteiger partial charge in [0.2, 0.25) is 0 Å². The second-order valence-corrected chi connectivity index (χ2v) is 4.93. The Morgan fingerprint density at radius 3 is 2.94 bits per heavy atom. The first-order valence-electron chi connectivity index (χ1n) is 5.95. The summed E-state index contributed by atoms with van der Waals surface area (Å²) in [6.45, 7) is 4.80. The minimum absolute atomic E-state index is 0.329. The average Bonchev–Trinajstić information content (AvgIpc) is 2.38. The molecule has 2 rings (SSSR count). The normalized spacial score (nSPS) is 20.6. The van der Waals surface area contributed by atoms with E-state index in [1.165, 1.54) is 0 Å². The van der Waals surface area contributed by atoms with Gasteiger partial charge in [0, 0.05) is 29.7 Å². The van der Waals surface area contributed by atoms with Crippen LogP contribution >= 0.6 is 23.2 Å². The first kappa shape index (κ1) is 13.0. The van der Waals surface area contributed by atoms with E-state index in [4.69, 9.17) is 27.9 Å². The van der Waals surface area contributed by atoms with Gasteiger partial charge >= 0.3 is 0 Å². The minimum atomic E-state index is 0.329. The van der Waals surface area contributed by atoms with Gasteiger partial charge in [-0.05, 0) is 24.1 Å². The Morgan fingerprint density at radius 1 is 1.47 bits per heavy atom. The molecule has 0 spiro atoms. The monoisotopic (exact) mass is 273 g/mol. The van der Waals surface area contributed by atoms with E-state index in [0.29, 0.717) is 12.0 Å². The summed E-state index contributed by atoms with van der Waals surface area (Å²) in [7, 11) is 0. The summed E-state index contributed by atoms with van der Waals surface area (Å²) >= 11 is 12.0. The molecule has 4 heteroatoms. The molecule has 17 heavy (non-hydrogen) atoms. The SMILES string of the molecule is CCC1CN(c2ccc(CCl)c(Cl)c2)CCO1. The molecule has 2 nitrogen and oxygen atoms in total. The Morgan fingerprint density at radius 2 is 2.29 bits per heavy atom. The molecule has 0 saturated carbocycles. The summed E-state index contributed by atoms with van der Waals surface area (Å²) in [5, 5.41) is 0.747. The van der Waals surface area contributed by atoms with Crippen LogP contribution in [0, 0.1) is 0 Å². The van der Waals surface area contributed by atoms with E-state index in [0.717, 1.165) is 42.4 Å². The average molecular weight is 274 g/mol. The highest BCUT2D eigenvalue weighted by Crippen LogP contribution is 2.26. The molecule has 1 aliphatic heterocycles. The molecule has 0 N–H and O–H groups in total. The molecule has 1 atom stereocenters. The van der Waals surface area contributed by atoms with E-state index in [1.54, 1.807) is 0 Å². The van der Waals surface area contributed by atoms with Gasteiger partial charge in [0.25, 0.3) is 0 Å². The van der Waals surface area contributed by atoms with Crippen molar-refractivity contribution in [3.63, 3.8) is 0 Å². The molecule has 0 aromatic heterocycles. The van der Waals surface area contributed by atoms with Gasteiger partial charge in [-0.15, -0.1) is 11.6 Å². The molecule has 1 heterocycles. The van der Waals surface area contributed by atoms with Crippen molar-refractivity contribution in [2.45, 2.75) is 25.3 Å². The Hall–Kier alpha value is -0.440. The highest BCUT2D eigenvalue weighted by molar-refractivity contribution is 6.32. The highest BCUT2D eigenvalue weighted by atomic mass is 35.5. The maximum atomic E-state index is 6.18. The molecule has 0 amide bonds. The molecule has 1 aromatic carbocycles. The number of anilines is 1. The van der Waals surface area contributed by atoms with Gasteiger partial charge in [0.15, 0.2) is 0 Å². The van der Waals surface area contributed by atoms with Crippen molar-refractivity contribution in [2.24, 2.45) is 0 Å². The maximum Gasteiger partial charge on any atom is 0.0748 e. The van der Waals surface area contributed by atoms with E-state index in [1.807, 2.05) is 12.1 Å². The summed E-state index contributed by atoms with van der Waals surface area (Å²) in [5.74, 6) is 0.458. The summed E-state index contributed by atoms with van der Waals surface area (Å²) in [6, 6.07) is 6.08. The Kier molecular flexibility index (Phi) is 4.55. The second-order valence-electron chi connectivity index (χ2n) is 4.26. The van der Waals surface area contributed by atoms with E-state index >= 15 is 0 Å². The number of ether oxygens (including phenoxy) is 1. The lowest BCUT2D eigenvalue weighted by atomic mass is 10.1. The third-order valence-electron chi connectivity index (χ3n) is 3.14. The van der Waals surface area contributed by atoms with Gasteiger partial charge in [-0.25, -0.2) is 0 Å². The molecule has 1 unspecified atom stereocenters. The fourth-order valence-corrected chi connectivity index (χ4v) is 2.59. The van der Waals surface area contributed by atoms with Crippen LogP contribution in [0.1, 0.15) is 18.9 Å². The van der Waals surface area contributed by atoms with Crippen LogP contribution in [0.15, 0.2) is 18.2 Å². The van der Waals surface area contributed by atoms with Crippen molar-refractivity contribution in [3.8, 4) is 0 Å². The van der Waals surface area contributed by atoms with Gasteiger partial charge in [-0.3, -0.25) is 0 Å².